The van der Waals surface area contributed by atoms with Gasteiger partial charge >= 0.3 is 0 Å². The van der Waals surface area contributed by atoms with Crippen LogP contribution < -0.4 is 5.32 Å². The van der Waals surface area contributed by atoms with Crippen LogP contribution in [0.4, 0.5) is 5.69 Å². The van der Waals surface area contributed by atoms with Gasteiger partial charge in [-0.2, -0.15) is 0 Å². The van der Waals surface area contributed by atoms with Crippen molar-refractivity contribution in [3.63, 3.8) is 0 Å². The van der Waals surface area contributed by atoms with E-state index in [9.17, 15) is 0 Å². The van der Waals surface area contributed by atoms with Crippen molar-refractivity contribution in [3.05, 3.63) is 46.0 Å². The first-order valence-electron chi connectivity index (χ1n) is 5.24. The average molecular weight is 270 g/mol. The average Bonchev–Trinajstić information content (AvgIpc) is 2.62. The normalized spacial score (nSPS) is 10.6. The van der Waals surface area contributed by atoms with Crippen molar-refractivity contribution in [2.45, 2.75) is 13.5 Å². The van der Waals surface area contributed by atoms with Crippen molar-refractivity contribution < 1.29 is 0 Å². The minimum atomic E-state index is 0.590. The summed E-state index contributed by atoms with van der Waals surface area (Å²) in [5.74, 6) is 0.868. The van der Waals surface area contributed by atoms with E-state index in [0.717, 1.165) is 17.1 Å². The van der Waals surface area contributed by atoms with Crippen LogP contribution in [0.25, 0.3) is 0 Å². The molecule has 0 saturated heterocycles. The summed E-state index contributed by atoms with van der Waals surface area (Å²) >= 11 is 12.0. The highest BCUT2D eigenvalue weighted by molar-refractivity contribution is 6.33. The zero-order valence-electron chi connectivity index (χ0n) is 9.67. The molecular weight excluding hydrogens is 257 g/mol. The van der Waals surface area contributed by atoms with Crippen LogP contribution in [0, 0.1) is 6.92 Å². The summed E-state index contributed by atoms with van der Waals surface area (Å²) in [6.45, 7) is 2.62. The maximum atomic E-state index is 6.09. The number of rotatable bonds is 3. The van der Waals surface area contributed by atoms with Crippen molar-refractivity contribution in [3.8, 4) is 0 Å². The van der Waals surface area contributed by atoms with Gasteiger partial charge in [0.1, 0.15) is 11.0 Å². The topological polar surface area (TPSA) is 29.9 Å². The Morgan fingerprint density at radius 2 is 2.12 bits per heavy atom. The number of anilines is 1. The van der Waals surface area contributed by atoms with Gasteiger partial charge in [0, 0.05) is 7.05 Å². The first kappa shape index (κ1) is 12.3. The molecule has 0 aliphatic heterocycles. The zero-order valence-corrected chi connectivity index (χ0v) is 11.2. The molecule has 2 rings (SSSR count). The van der Waals surface area contributed by atoms with Gasteiger partial charge in [0.05, 0.1) is 23.5 Å². The number of aromatic nitrogens is 2. The van der Waals surface area contributed by atoms with Gasteiger partial charge in [-0.1, -0.05) is 29.3 Å². The van der Waals surface area contributed by atoms with E-state index in [1.165, 1.54) is 0 Å². The number of nitrogens with one attached hydrogen (secondary N) is 1. The van der Waals surface area contributed by atoms with Crippen molar-refractivity contribution in [1.29, 1.82) is 0 Å². The standard InChI is InChI=1S/C12H13Cl2N3/c1-8-3-4-9(13)10(5-8)15-7-12-16-6-11(14)17(12)2/h3-6,15H,7H2,1-2H3. The highest BCUT2D eigenvalue weighted by Crippen LogP contribution is 2.23. The molecule has 0 unspecified atom stereocenters. The Morgan fingerprint density at radius 1 is 1.35 bits per heavy atom. The predicted molar refractivity (Wildman–Crippen MR) is 71.7 cm³/mol. The molecule has 90 valence electrons. The van der Waals surface area contributed by atoms with E-state index in [2.05, 4.69) is 10.3 Å². The highest BCUT2D eigenvalue weighted by atomic mass is 35.5. The summed E-state index contributed by atoms with van der Waals surface area (Å²) in [6.07, 6.45) is 1.64. The molecule has 0 bridgehead atoms. The van der Waals surface area contributed by atoms with E-state index < -0.39 is 0 Å². The monoisotopic (exact) mass is 269 g/mol. The lowest BCUT2D eigenvalue weighted by Gasteiger charge is -2.09. The molecule has 0 atom stereocenters. The molecule has 0 radical (unpaired) electrons. The molecule has 1 aromatic carbocycles. The highest BCUT2D eigenvalue weighted by Gasteiger charge is 2.05. The van der Waals surface area contributed by atoms with Crippen molar-refractivity contribution >= 4 is 28.9 Å². The second-order valence-corrected chi connectivity index (χ2v) is 4.69. The van der Waals surface area contributed by atoms with Gasteiger partial charge in [-0.15, -0.1) is 0 Å². The van der Waals surface area contributed by atoms with Gasteiger partial charge in [-0.25, -0.2) is 4.98 Å². The van der Waals surface area contributed by atoms with E-state index >= 15 is 0 Å². The van der Waals surface area contributed by atoms with E-state index in [0.29, 0.717) is 16.7 Å². The molecular formula is C12H13Cl2N3. The molecule has 3 nitrogen and oxygen atoms in total. The third-order valence-electron chi connectivity index (χ3n) is 2.59. The van der Waals surface area contributed by atoms with E-state index in [4.69, 9.17) is 23.2 Å². The van der Waals surface area contributed by atoms with Crippen LogP contribution in [0.2, 0.25) is 10.2 Å². The summed E-state index contributed by atoms with van der Waals surface area (Å²) in [4.78, 5) is 4.21. The number of benzene rings is 1. The third-order valence-corrected chi connectivity index (χ3v) is 3.27. The Kier molecular flexibility index (Phi) is 3.60. The zero-order chi connectivity index (χ0) is 12.4. The van der Waals surface area contributed by atoms with Gasteiger partial charge < -0.3 is 9.88 Å². The maximum absolute atomic E-state index is 6.09. The van der Waals surface area contributed by atoms with E-state index in [1.807, 2.05) is 36.7 Å². The summed E-state index contributed by atoms with van der Waals surface area (Å²) in [5, 5.41) is 4.58. The fraction of sp³-hybridized carbons (Fsp3) is 0.250. The first-order chi connectivity index (χ1) is 8.08. The Morgan fingerprint density at radius 3 is 2.76 bits per heavy atom. The molecule has 0 fully saturated rings. The first-order valence-corrected chi connectivity index (χ1v) is 5.99. The minimum Gasteiger partial charge on any atom is -0.377 e. The number of hydrogen-bond donors (Lipinski definition) is 1. The van der Waals surface area contributed by atoms with E-state index in [-0.39, 0.29) is 0 Å². The number of imidazole rings is 1. The second-order valence-electron chi connectivity index (χ2n) is 3.89. The van der Waals surface area contributed by atoms with Gasteiger partial charge in [0.15, 0.2) is 0 Å². The van der Waals surface area contributed by atoms with Crippen molar-refractivity contribution in [2.75, 3.05) is 5.32 Å². The Bertz CT molecular complexity index is 535. The van der Waals surface area contributed by atoms with Crippen LogP contribution in [0.1, 0.15) is 11.4 Å². The SMILES string of the molecule is Cc1ccc(Cl)c(NCc2ncc(Cl)n2C)c1. The molecule has 17 heavy (non-hydrogen) atoms. The molecule has 1 heterocycles. The summed E-state index contributed by atoms with van der Waals surface area (Å²) < 4.78 is 1.83. The Labute approximate surface area is 110 Å². The van der Waals surface area contributed by atoms with Gasteiger partial charge in [-0.05, 0) is 24.6 Å². The van der Waals surface area contributed by atoms with Gasteiger partial charge in [0.2, 0.25) is 0 Å². The number of hydrogen-bond acceptors (Lipinski definition) is 2. The molecule has 0 aliphatic rings. The largest absolute Gasteiger partial charge is 0.377 e. The molecule has 0 aliphatic carbocycles. The number of aryl methyl sites for hydroxylation is 1. The lowest BCUT2D eigenvalue weighted by molar-refractivity contribution is 0.813. The predicted octanol–water partition coefficient (Wildman–Crippen LogP) is 3.65. The van der Waals surface area contributed by atoms with Gasteiger partial charge in [0.25, 0.3) is 0 Å². The Hall–Kier alpha value is -1.19. The maximum Gasteiger partial charge on any atom is 0.128 e. The fourth-order valence-corrected chi connectivity index (χ4v) is 1.87. The molecule has 1 aromatic heterocycles. The number of halogens is 2. The van der Waals surface area contributed by atoms with Crippen LogP contribution in [0.15, 0.2) is 24.4 Å². The molecule has 0 saturated carbocycles. The molecule has 0 amide bonds. The lowest BCUT2D eigenvalue weighted by atomic mass is 10.2. The smallest absolute Gasteiger partial charge is 0.128 e. The molecule has 2 aromatic rings. The minimum absolute atomic E-state index is 0.590. The Balaban J connectivity index is 2.12. The third kappa shape index (κ3) is 2.73. The summed E-state index contributed by atoms with van der Waals surface area (Å²) in [6, 6.07) is 5.86. The van der Waals surface area contributed by atoms with Crippen molar-refractivity contribution in [2.24, 2.45) is 7.05 Å². The van der Waals surface area contributed by atoms with Crippen LogP contribution in [0.5, 0.6) is 0 Å². The quantitative estimate of drug-likeness (QED) is 0.922. The number of nitrogens with zero attached hydrogens (tertiary/aromatic N) is 2. The van der Waals surface area contributed by atoms with Crippen molar-refractivity contribution in [1.82, 2.24) is 9.55 Å². The lowest BCUT2D eigenvalue weighted by Crippen LogP contribution is -2.06. The van der Waals surface area contributed by atoms with Crippen LogP contribution in [-0.2, 0) is 13.6 Å². The molecule has 0 spiro atoms. The summed E-state index contributed by atoms with van der Waals surface area (Å²) in [5.41, 5.74) is 2.07. The molecule has 1 N–H and O–H groups in total. The van der Waals surface area contributed by atoms with Gasteiger partial charge in [-0.3, -0.25) is 0 Å². The fourth-order valence-electron chi connectivity index (χ4n) is 1.54. The van der Waals surface area contributed by atoms with E-state index in [1.54, 1.807) is 6.20 Å². The van der Waals surface area contributed by atoms with Crippen LogP contribution in [-0.4, -0.2) is 9.55 Å². The second kappa shape index (κ2) is 4.98. The molecule has 5 heteroatoms. The summed E-state index contributed by atoms with van der Waals surface area (Å²) in [7, 11) is 1.88. The van der Waals surface area contributed by atoms with Crippen LogP contribution >= 0.6 is 23.2 Å². The van der Waals surface area contributed by atoms with Crippen LogP contribution in [0.3, 0.4) is 0 Å².